The van der Waals surface area contributed by atoms with Gasteiger partial charge in [0.1, 0.15) is 11.6 Å². The number of hydrogen-bond acceptors (Lipinski definition) is 3. The van der Waals surface area contributed by atoms with E-state index in [-0.39, 0.29) is 0 Å². The van der Waals surface area contributed by atoms with E-state index < -0.39 is 0 Å². The van der Waals surface area contributed by atoms with Gasteiger partial charge in [-0.15, -0.1) is 0 Å². The van der Waals surface area contributed by atoms with E-state index in [1.165, 1.54) is 12.8 Å². The summed E-state index contributed by atoms with van der Waals surface area (Å²) in [6.07, 6.45) is 4.56. The van der Waals surface area contributed by atoms with Crippen LogP contribution in [-0.4, -0.2) is 11.1 Å². The summed E-state index contributed by atoms with van der Waals surface area (Å²) in [7, 11) is 0. The molecule has 3 nitrogen and oxygen atoms in total. The highest BCUT2D eigenvalue weighted by atomic mass is 16.5. The molecule has 0 saturated heterocycles. The van der Waals surface area contributed by atoms with Gasteiger partial charge in [0, 0.05) is 17.8 Å². The average molecular weight is 192 g/mol. The lowest BCUT2D eigenvalue weighted by molar-refractivity contribution is 0.298. The summed E-state index contributed by atoms with van der Waals surface area (Å²) in [5, 5.41) is 0. The minimum absolute atomic E-state index is 0.411. The fourth-order valence-corrected chi connectivity index (χ4v) is 1.36. The molecule has 1 aromatic heterocycles. The van der Waals surface area contributed by atoms with Crippen molar-refractivity contribution in [2.45, 2.75) is 38.7 Å². The second-order valence-corrected chi connectivity index (χ2v) is 4.12. The molecule has 1 aromatic rings. The van der Waals surface area contributed by atoms with Crippen LogP contribution in [0.3, 0.4) is 0 Å². The Labute approximate surface area is 84.3 Å². The van der Waals surface area contributed by atoms with E-state index in [1.54, 1.807) is 0 Å². The van der Waals surface area contributed by atoms with E-state index in [0.29, 0.717) is 17.8 Å². The Balaban J connectivity index is 2.27. The number of anilines is 1. The molecule has 1 aliphatic rings. The normalized spacial score (nSPS) is 15.9. The van der Waals surface area contributed by atoms with Crippen LogP contribution in [0, 0.1) is 0 Å². The number of nitrogens with two attached hydrogens (primary N) is 1. The summed E-state index contributed by atoms with van der Waals surface area (Å²) in [5.74, 6) is 1.87. The first-order chi connectivity index (χ1) is 6.66. The number of ether oxygens (including phenoxy) is 1. The van der Waals surface area contributed by atoms with E-state index in [9.17, 15) is 0 Å². The first kappa shape index (κ1) is 9.31. The van der Waals surface area contributed by atoms with Crippen LogP contribution in [0.2, 0.25) is 0 Å². The zero-order chi connectivity index (χ0) is 10.1. The Morgan fingerprint density at radius 3 is 2.79 bits per heavy atom. The van der Waals surface area contributed by atoms with Crippen molar-refractivity contribution in [3.63, 3.8) is 0 Å². The second-order valence-electron chi connectivity index (χ2n) is 4.12. The van der Waals surface area contributed by atoms with E-state index >= 15 is 0 Å². The first-order valence-corrected chi connectivity index (χ1v) is 5.09. The molecule has 0 bridgehead atoms. The van der Waals surface area contributed by atoms with Gasteiger partial charge in [0.25, 0.3) is 0 Å². The Bertz CT molecular complexity index is 332. The lowest BCUT2D eigenvalue weighted by Crippen LogP contribution is -2.03. The molecule has 0 atom stereocenters. The fraction of sp³-hybridized carbons (Fsp3) is 0.545. The molecule has 0 unspecified atom stereocenters. The molecule has 0 radical (unpaired) electrons. The summed E-state index contributed by atoms with van der Waals surface area (Å²) >= 11 is 0. The quantitative estimate of drug-likeness (QED) is 0.799. The topological polar surface area (TPSA) is 48.1 Å². The Morgan fingerprint density at radius 2 is 2.21 bits per heavy atom. The molecule has 3 heteroatoms. The van der Waals surface area contributed by atoms with Gasteiger partial charge in [0.05, 0.1) is 6.10 Å². The van der Waals surface area contributed by atoms with Gasteiger partial charge in [-0.05, 0) is 18.8 Å². The molecule has 2 rings (SSSR count). The summed E-state index contributed by atoms with van der Waals surface area (Å²) in [6, 6.07) is 1.83. The average Bonchev–Trinajstić information content (AvgIpc) is 2.87. The SMILES string of the molecule is CC(C)c1cnc(N)cc1OC1CC1. The van der Waals surface area contributed by atoms with Crippen molar-refractivity contribution in [1.82, 2.24) is 4.98 Å². The van der Waals surface area contributed by atoms with Crippen molar-refractivity contribution in [3.05, 3.63) is 17.8 Å². The van der Waals surface area contributed by atoms with Crippen LogP contribution >= 0.6 is 0 Å². The molecule has 0 amide bonds. The van der Waals surface area contributed by atoms with Gasteiger partial charge in [0.15, 0.2) is 0 Å². The zero-order valence-corrected chi connectivity index (χ0v) is 8.66. The molecule has 1 fully saturated rings. The molecule has 1 aliphatic carbocycles. The van der Waals surface area contributed by atoms with Crippen molar-refractivity contribution < 1.29 is 4.74 Å². The predicted molar refractivity (Wildman–Crippen MR) is 56.4 cm³/mol. The van der Waals surface area contributed by atoms with Crippen molar-refractivity contribution in [1.29, 1.82) is 0 Å². The second kappa shape index (κ2) is 3.48. The van der Waals surface area contributed by atoms with Gasteiger partial charge in [-0.25, -0.2) is 4.98 Å². The molecule has 1 heterocycles. The largest absolute Gasteiger partial charge is 0.490 e. The van der Waals surface area contributed by atoms with Crippen molar-refractivity contribution in [3.8, 4) is 5.75 Å². The number of hydrogen-bond donors (Lipinski definition) is 1. The highest BCUT2D eigenvalue weighted by Gasteiger charge is 2.25. The Kier molecular flexibility index (Phi) is 2.32. The van der Waals surface area contributed by atoms with Crippen LogP contribution in [-0.2, 0) is 0 Å². The molecule has 2 N–H and O–H groups in total. The third-order valence-corrected chi connectivity index (χ3v) is 2.36. The van der Waals surface area contributed by atoms with Crippen LogP contribution in [0.1, 0.15) is 38.2 Å². The minimum Gasteiger partial charge on any atom is -0.490 e. The molecule has 14 heavy (non-hydrogen) atoms. The van der Waals surface area contributed by atoms with Gasteiger partial charge in [-0.1, -0.05) is 13.8 Å². The van der Waals surface area contributed by atoms with E-state index in [1.807, 2.05) is 12.3 Å². The molecule has 1 saturated carbocycles. The predicted octanol–water partition coefficient (Wildman–Crippen LogP) is 2.33. The number of pyridine rings is 1. The monoisotopic (exact) mass is 192 g/mol. The Morgan fingerprint density at radius 1 is 1.50 bits per heavy atom. The summed E-state index contributed by atoms with van der Waals surface area (Å²) in [5.41, 5.74) is 6.78. The zero-order valence-electron chi connectivity index (χ0n) is 8.66. The molecule has 0 aromatic carbocycles. The van der Waals surface area contributed by atoms with Gasteiger partial charge in [-0.2, -0.15) is 0 Å². The molecular formula is C11H16N2O. The standard InChI is InChI=1S/C11H16N2O/c1-7(2)9-6-13-11(12)5-10(9)14-8-3-4-8/h5-8H,3-4H2,1-2H3,(H2,12,13). The molecule has 0 spiro atoms. The number of nitrogens with zero attached hydrogens (tertiary/aromatic N) is 1. The summed E-state index contributed by atoms with van der Waals surface area (Å²) in [6.45, 7) is 4.26. The maximum absolute atomic E-state index is 5.78. The van der Waals surface area contributed by atoms with Crippen molar-refractivity contribution in [2.24, 2.45) is 0 Å². The van der Waals surface area contributed by atoms with Crippen LogP contribution in [0.5, 0.6) is 5.75 Å². The fourth-order valence-electron chi connectivity index (χ4n) is 1.36. The third-order valence-electron chi connectivity index (χ3n) is 2.36. The lowest BCUT2D eigenvalue weighted by atomic mass is 10.0. The molecular weight excluding hydrogens is 176 g/mol. The number of rotatable bonds is 3. The van der Waals surface area contributed by atoms with Gasteiger partial charge in [0.2, 0.25) is 0 Å². The van der Waals surface area contributed by atoms with E-state index in [0.717, 1.165) is 11.3 Å². The van der Waals surface area contributed by atoms with E-state index in [4.69, 9.17) is 10.5 Å². The highest BCUT2D eigenvalue weighted by molar-refractivity contribution is 5.43. The van der Waals surface area contributed by atoms with E-state index in [2.05, 4.69) is 18.8 Å². The van der Waals surface area contributed by atoms with Crippen LogP contribution in [0.15, 0.2) is 12.3 Å². The first-order valence-electron chi connectivity index (χ1n) is 5.09. The maximum atomic E-state index is 5.78. The van der Waals surface area contributed by atoms with Crippen LogP contribution in [0.25, 0.3) is 0 Å². The van der Waals surface area contributed by atoms with Crippen molar-refractivity contribution in [2.75, 3.05) is 5.73 Å². The summed E-state index contributed by atoms with van der Waals surface area (Å²) < 4.78 is 5.78. The molecule has 0 aliphatic heterocycles. The lowest BCUT2D eigenvalue weighted by Gasteiger charge is -2.13. The van der Waals surface area contributed by atoms with Gasteiger partial charge in [-0.3, -0.25) is 0 Å². The van der Waals surface area contributed by atoms with Crippen molar-refractivity contribution >= 4 is 5.82 Å². The number of aromatic nitrogens is 1. The number of nitrogen functional groups attached to an aromatic ring is 1. The third kappa shape index (κ3) is 1.97. The summed E-state index contributed by atoms with van der Waals surface area (Å²) in [4.78, 5) is 4.09. The smallest absolute Gasteiger partial charge is 0.128 e. The maximum Gasteiger partial charge on any atom is 0.128 e. The van der Waals surface area contributed by atoms with Gasteiger partial charge < -0.3 is 10.5 Å². The van der Waals surface area contributed by atoms with Crippen LogP contribution in [0.4, 0.5) is 5.82 Å². The minimum atomic E-state index is 0.411. The molecule has 76 valence electrons. The van der Waals surface area contributed by atoms with Gasteiger partial charge >= 0.3 is 0 Å². The van der Waals surface area contributed by atoms with Crippen LogP contribution < -0.4 is 10.5 Å². The highest BCUT2D eigenvalue weighted by Crippen LogP contribution is 2.32. The Hall–Kier alpha value is -1.25.